The van der Waals surface area contributed by atoms with Crippen molar-refractivity contribution < 1.29 is 23.7 Å². The van der Waals surface area contributed by atoms with Crippen LogP contribution in [-0.4, -0.2) is 53.7 Å². The van der Waals surface area contributed by atoms with Crippen molar-refractivity contribution in [1.82, 2.24) is 14.6 Å². The number of carbonyl (C=O) groups is 1. The topological polar surface area (TPSA) is 96.2 Å². The maximum absolute atomic E-state index is 12.7. The number of hydrogen-bond acceptors (Lipinski definition) is 8. The fourth-order valence-corrected chi connectivity index (χ4v) is 4.68. The summed E-state index contributed by atoms with van der Waals surface area (Å²) in [5, 5.41) is 8.27. The summed E-state index contributed by atoms with van der Waals surface area (Å²) in [6.07, 6.45) is 1.77. The number of aromatic nitrogens is 3. The normalized spacial score (nSPS) is 12.4. The van der Waals surface area contributed by atoms with Gasteiger partial charge in [0, 0.05) is 23.0 Å². The monoisotopic (exact) mass is 492 g/mol. The van der Waals surface area contributed by atoms with Gasteiger partial charge in [-0.1, -0.05) is 17.8 Å². The molecule has 1 amide bonds. The highest BCUT2D eigenvalue weighted by Crippen LogP contribution is 2.35. The molecule has 1 N–H and O–H groups in total. The van der Waals surface area contributed by atoms with Crippen LogP contribution in [0.3, 0.4) is 0 Å². The van der Waals surface area contributed by atoms with Gasteiger partial charge in [-0.15, -0.1) is 0 Å². The van der Waals surface area contributed by atoms with E-state index in [9.17, 15) is 4.79 Å². The molecular formula is C25H24N4O5S. The third kappa shape index (κ3) is 4.69. The fourth-order valence-electron chi connectivity index (χ4n) is 3.82. The van der Waals surface area contributed by atoms with E-state index < -0.39 is 0 Å². The number of rotatable bonds is 7. The molecule has 0 saturated heterocycles. The SMILES string of the molecule is COc1ccc(-c2cnn3c(SCC(=O)Nc4ccc5c(c4)OCCO5)cc(C)nc23)cc1OC. The van der Waals surface area contributed by atoms with Gasteiger partial charge in [-0.05, 0) is 42.8 Å². The standard InChI is InChI=1S/C25H24N4O5S/c1-15-10-24(35-14-23(30)28-17-5-7-20-22(12-17)34-9-8-33-20)29-25(27-15)18(13-26-29)16-4-6-19(31-2)21(11-16)32-3/h4-7,10-13H,8-9,14H2,1-3H3,(H,28,30). The first-order valence-electron chi connectivity index (χ1n) is 11.0. The van der Waals surface area contributed by atoms with Crippen molar-refractivity contribution in [3.63, 3.8) is 0 Å². The van der Waals surface area contributed by atoms with Crippen LogP contribution in [0, 0.1) is 6.92 Å². The van der Waals surface area contributed by atoms with Crippen molar-refractivity contribution in [3.05, 3.63) is 54.4 Å². The molecule has 2 aromatic heterocycles. The number of nitrogens with one attached hydrogen (secondary N) is 1. The first-order valence-corrected chi connectivity index (χ1v) is 11.9. The highest BCUT2D eigenvalue weighted by Gasteiger charge is 2.16. The third-order valence-corrected chi connectivity index (χ3v) is 6.43. The zero-order chi connectivity index (χ0) is 24.4. The molecule has 0 unspecified atom stereocenters. The lowest BCUT2D eigenvalue weighted by Crippen LogP contribution is -2.17. The minimum absolute atomic E-state index is 0.137. The Morgan fingerprint density at radius 3 is 2.66 bits per heavy atom. The summed E-state index contributed by atoms with van der Waals surface area (Å²) >= 11 is 1.39. The molecule has 35 heavy (non-hydrogen) atoms. The highest BCUT2D eigenvalue weighted by atomic mass is 32.2. The molecule has 0 saturated carbocycles. The minimum Gasteiger partial charge on any atom is -0.493 e. The molecule has 10 heteroatoms. The van der Waals surface area contributed by atoms with Crippen LogP contribution in [0.1, 0.15) is 5.69 Å². The van der Waals surface area contributed by atoms with Crippen molar-refractivity contribution in [3.8, 4) is 34.1 Å². The Morgan fingerprint density at radius 2 is 1.86 bits per heavy atom. The second-order valence-electron chi connectivity index (χ2n) is 7.79. The number of aryl methyl sites for hydroxylation is 1. The molecule has 2 aromatic carbocycles. The van der Waals surface area contributed by atoms with Gasteiger partial charge >= 0.3 is 0 Å². The molecule has 180 valence electrons. The lowest BCUT2D eigenvalue weighted by atomic mass is 10.1. The van der Waals surface area contributed by atoms with Crippen molar-refractivity contribution in [2.75, 3.05) is 38.5 Å². The number of fused-ring (bicyclic) bond motifs is 2. The zero-order valence-electron chi connectivity index (χ0n) is 19.5. The number of thioether (sulfide) groups is 1. The maximum Gasteiger partial charge on any atom is 0.234 e. The Balaban J connectivity index is 1.35. The molecule has 5 rings (SSSR count). The predicted octanol–water partition coefficient (Wildman–Crippen LogP) is 4.22. The van der Waals surface area contributed by atoms with Crippen LogP contribution in [0.4, 0.5) is 5.69 Å². The summed E-state index contributed by atoms with van der Waals surface area (Å²) in [5.74, 6) is 2.66. The molecule has 1 aliphatic heterocycles. The quantitative estimate of drug-likeness (QED) is 0.303. The number of anilines is 1. The Kier molecular flexibility index (Phi) is 6.37. The summed E-state index contributed by atoms with van der Waals surface area (Å²) in [4.78, 5) is 17.4. The molecular weight excluding hydrogens is 468 g/mol. The minimum atomic E-state index is -0.137. The highest BCUT2D eigenvalue weighted by molar-refractivity contribution is 7.99. The average Bonchev–Trinajstić information content (AvgIpc) is 3.30. The van der Waals surface area contributed by atoms with E-state index in [-0.39, 0.29) is 11.7 Å². The molecule has 0 atom stereocenters. The first-order chi connectivity index (χ1) is 17.1. The number of nitrogens with zero attached hydrogens (tertiary/aromatic N) is 3. The molecule has 0 aliphatic carbocycles. The largest absolute Gasteiger partial charge is 0.493 e. The number of benzene rings is 2. The van der Waals surface area contributed by atoms with Crippen LogP contribution in [0.2, 0.25) is 0 Å². The average molecular weight is 493 g/mol. The van der Waals surface area contributed by atoms with Crippen LogP contribution in [0.5, 0.6) is 23.0 Å². The Labute approximate surface area is 206 Å². The lowest BCUT2D eigenvalue weighted by molar-refractivity contribution is -0.113. The van der Waals surface area contributed by atoms with Crippen molar-refractivity contribution in [2.45, 2.75) is 11.9 Å². The molecule has 3 heterocycles. The van der Waals surface area contributed by atoms with Crippen molar-refractivity contribution in [2.24, 2.45) is 0 Å². The Bertz CT molecular complexity index is 1400. The summed E-state index contributed by atoms with van der Waals surface area (Å²) in [6, 6.07) is 13.0. The molecule has 0 radical (unpaired) electrons. The van der Waals surface area contributed by atoms with Gasteiger partial charge in [-0.25, -0.2) is 9.50 Å². The van der Waals surface area contributed by atoms with Gasteiger partial charge in [0.15, 0.2) is 28.6 Å². The molecule has 4 aromatic rings. The molecule has 0 fully saturated rings. The second-order valence-corrected chi connectivity index (χ2v) is 8.79. The number of amides is 1. The molecule has 9 nitrogen and oxygen atoms in total. The van der Waals surface area contributed by atoms with Crippen molar-refractivity contribution in [1.29, 1.82) is 0 Å². The maximum atomic E-state index is 12.7. The Morgan fingerprint density at radius 1 is 1.06 bits per heavy atom. The number of ether oxygens (including phenoxy) is 4. The van der Waals surface area contributed by atoms with E-state index >= 15 is 0 Å². The van der Waals surface area contributed by atoms with Crippen molar-refractivity contribution >= 4 is 29.0 Å². The van der Waals surface area contributed by atoms with Gasteiger partial charge in [0.1, 0.15) is 18.2 Å². The summed E-state index contributed by atoms with van der Waals surface area (Å²) in [5.41, 5.74) is 3.95. The smallest absolute Gasteiger partial charge is 0.234 e. The van der Waals surface area contributed by atoms with E-state index in [0.717, 1.165) is 21.8 Å². The predicted molar refractivity (Wildman–Crippen MR) is 133 cm³/mol. The second kappa shape index (κ2) is 9.75. The van der Waals surface area contributed by atoms with E-state index in [1.165, 1.54) is 11.8 Å². The van der Waals surface area contributed by atoms with Gasteiger partial charge in [0.2, 0.25) is 5.91 Å². The number of carbonyl (C=O) groups excluding carboxylic acids is 1. The van der Waals surface area contributed by atoms with Crippen LogP contribution < -0.4 is 24.3 Å². The van der Waals surface area contributed by atoms with Gasteiger partial charge < -0.3 is 24.3 Å². The lowest BCUT2D eigenvalue weighted by Gasteiger charge is -2.19. The summed E-state index contributed by atoms with van der Waals surface area (Å²) < 4.78 is 23.7. The van der Waals surface area contributed by atoms with Crippen LogP contribution >= 0.6 is 11.8 Å². The van der Waals surface area contributed by atoms with Crippen LogP contribution in [0.25, 0.3) is 16.8 Å². The van der Waals surface area contributed by atoms with E-state index in [4.69, 9.17) is 23.9 Å². The van der Waals surface area contributed by atoms with E-state index in [1.807, 2.05) is 31.2 Å². The Hall–Kier alpha value is -3.92. The third-order valence-electron chi connectivity index (χ3n) is 5.44. The summed E-state index contributed by atoms with van der Waals surface area (Å²) in [7, 11) is 3.20. The van der Waals surface area contributed by atoms with Gasteiger partial charge in [0.25, 0.3) is 0 Å². The van der Waals surface area contributed by atoms with E-state index in [1.54, 1.807) is 43.1 Å². The van der Waals surface area contributed by atoms with E-state index in [2.05, 4.69) is 10.4 Å². The molecule has 1 aliphatic rings. The summed E-state index contributed by atoms with van der Waals surface area (Å²) in [6.45, 7) is 2.94. The first kappa shape index (κ1) is 22.9. The van der Waals surface area contributed by atoms with Gasteiger partial charge in [0.05, 0.1) is 26.2 Å². The van der Waals surface area contributed by atoms with E-state index in [0.29, 0.717) is 47.5 Å². The molecule has 0 bridgehead atoms. The fraction of sp³-hybridized carbons (Fsp3) is 0.240. The van der Waals surface area contributed by atoms with Gasteiger partial charge in [-0.3, -0.25) is 4.79 Å². The van der Waals surface area contributed by atoms with Gasteiger partial charge in [-0.2, -0.15) is 5.10 Å². The zero-order valence-corrected chi connectivity index (χ0v) is 20.3. The number of methoxy groups -OCH3 is 2. The van der Waals surface area contributed by atoms with Crippen LogP contribution in [-0.2, 0) is 4.79 Å². The number of hydrogen-bond donors (Lipinski definition) is 1. The van der Waals surface area contributed by atoms with Crippen LogP contribution in [0.15, 0.2) is 53.7 Å². The molecule has 0 spiro atoms.